The number of nitrogens with one attached hydrogen (secondary N) is 1. The highest BCUT2D eigenvalue weighted by atomic mass is 16.5. The third-order valence-corrected chi connectivity index (χ3v) is 3.59. The van der Waals surface area contributed by atoms with Crippen LogP contribution in [0, 0.1) is 5.92 Å². The number of hydrogen-bond acceptors (Lipinski definition) is 3. The van der Waals surface area contributed by atoms with Gasteiger partial charge in [-0.15, -0.1) is 0 Å². The molecule has 2 rings (SSSR count). The Kier molecular flexibility index (Phi) is 4.37. The average Bonchev–Trinajstić information content (AvgIpc) is 2.32. The molecule has 1 unspecified atom stereocenters. The Bertz CT molecular complexity index is 350. The molecule has 1 aromatic heterocycles. The summed E-state index contributed by atoms with van der Waals surface area (Å²) in [5.74, 6) is 1.77. The highest BCUT2D eigenvalue weighted by molar-refractivity contribution is 5.29. The zero-order chi connectivity index (χ0) is 12.1. The first-order chi connectivity index (χ1) is 8.35. The van der Waals surface area contributed by atoms with Gasteiger partial charge in [-0.1, -0.05) is 26.2 Å². The molecule has 3 heteroatoms. The summed E-state index contributed by atoms with van der Waals surface area (Å²) < 4.78 is 5.40. The number of pyridine rings is 1. The fourth-order valence-electron chi connectivity index (χ4n) is 2.44. The van der Waals surface area contributed by atoms with E-state index >= 15 is 0 Å². The molecule has 3 nitrogen and oxygen atoms in total. The smallest absolute Gasteiger partial charge is 0.141 e. The van der Waals surface area contributed by atoms with Gasteiger partial charge in [0.05, 0.1) is 18.8 Å². The van der Waals surface area contributed by atoms with E-state index in [4.69, 9.17) is 4.74 Å². The maximum atomic E-state index is 5.40. The minimum absolute atomic E-state index is 0.335. The van der Waals surface area contributed by atoms with Crippen molar-refractivity contribution in [3.05, 3.63) is 24.0 Å². The SMILES string of the molecule is CCNC(CC1CCC1)c1ncccc1OC. The molecule has 0 radical (unpaired) electrons. The highest BCUT2D eigenvalue weighted by Crippen LogP contribution is 2.36. The van der Waals surface area contributed by atoms with E-state index in [0.717, 1.165) is 23.9 Å². The molecule has 0 bridgehead atoms. The fourth-order valence-corrected chi connectivity index (χ4v) is 2.44. The fraction of sp³-hybridized carbons (Fsp3) is 0.643. The summed E-state index contributed by atoms with van der Waals surface area (Å²) >= 11 is 0. The lowest BCUT2D eigenvalue weighted by atomic mass is 9.80. The first kappa shape index (κ1) is 12.4. The Morgan fingerprint density at radius 3 is 2.94 bits per heavy atom. The predicted octanol–water partition coefficient (Wildman–Crippen LogP) is 2.93. The molecule has 0 spiro atoms. The van der Waals surface area contributed by atoms with Crippen LogP contribution in [0.2, 0.25) is 0 Å². The van der Waals surface area contributed by atoms with Crippen molar-refractivity contribution in [2.75, 3.05) is 13.7 Å². The Hall–Kier alpha value is -1.09. The lowest BCUT2D eigenvalue weighted by Gasteiger charge is -2.30. The summed E-state index contributed by atoms with van der Waals surface area (Å²) in [7, 11) is 1.72. The van der Waals surface area contributed by atoms with Crippen LogP contribution in [0.4, 0.5) is 0 Å². The van der Waals surface area contributed by atoms with E-state index in [1.165, 1.54) is 25.7 Å². The number of nitrogens with zero attached hydrogens (tertiary/aromatic N) is 1. The van der Waals surface area contributed by atoms with Gasteiger partial charge in [0.1, 0.15) is 5.75 Å². The van der Waals surface area contributed by atoms with Crippen LogP contribution >= 0.6 is 0 Å². The molecule has 1 heterocycles. The molecule has 1 aromatic rings. The van der Waals surface area contributed by atoms with Crippen molar-refractivity contribution in [3.63, 3.8) is 0 Å². The van der Waals surface area contributed by atoms with Gasteiger partial charge in [0.25, 0.3) is 0 Å². The second-order valence-corrected chi connectivity index (χ2v) is 4.73. The van der Waals surface area contributed by atoms with E-state index in [-0.39, 0.29) is 0 Å². The van der Waals surface area contributed by atoms with Crippen molar-refractivity contribution in [1.29, 1.82) is 0 Å². The summed E-state index contributed by atoms with van der Waals surface area (Å²) in [5.41, 5.74) is 1.06. The number of hydrogen-bond donors (Lipinski definition) is 1. The standard InChI is InChI=1S/C14H22N2O/c1-3-15-12(10-11-6-4-7-11)14-13(17-2)8-5-9-16-14/h5,8-9,11-12,15H,3-4,6-7,10H2,1-2H3. The summed E-state index contributed by atoms with van der Waals surface area (Å²) in [4.78, 5) is 4.49. The molecule has 17 heavy (non-hydrogen) atoms. The van der Waals surface area contributed by atoms with Crippen molar-refractivity contribution in [2.45, 2.75) is 38.6 Å². The zero-order valence-electron chi connectivity index (χ0n) is 10.8. The first-order valence-electron chi connectivity index (χ1n) is 6.57. The van der Waals surface area contributed by atoms with Crippen LogP contribution < -0.4 is 10.1 Å². The van der Waals surface area contributed by atoms with Crippen molar-refractivity contribution in [3.8, 4) is 5.75 Å². The predicted molar refractivity (Wildman–Crippen MR) is 69.2 cm³/mol. The van der Waals surface area contributed by atoms with E-state index in [0.29, 0.717) is 6.04 Å². The molecule has 1 saturated carbocycles. The molecule has 0 amide bonds. The third-order valence-electron chi connectivity index (χ3n) is 3.59. The van der Waals surface area contributed by atoms with Gasteiger partial charge in [0, 0.05) is 6.20 Å². The zero-order valence-corrected chi connectivity index (χ0v) is 10.8. The normalized spacial score (nSPS) is 17.5. The quantitative estimate of drug-likeness (QED) is 0.821. The summed E-state index contributed by atoms with van der Waals surface area (Å²) in [6.07, 6.45) is 7.17. The minimum Gasteiger partial charge on any atom is -0.495 e. The van der Waals surface area contributed by atoms with Gasteiger partial charge in [-0.25, -0.2) is 0 Å². The lowest BCUT2D eigenvalue weighted by Crippen LogP contribution is -2.27. The molecule has 1 fully saturated rings. The first-order valence-corrected chi connectivity index (χ1v) is 6.57. The largest absolute Gasteiger partial charge is 0.495 e. The molecular formula is C14H22N2O. The van der Waals surface area contributed by atoms with E-state index in [9.17, 15) is 0 Å². The average molecular weight is 234 g/mol. The van der Waals surface area contributed by atoms with Crippen molar-refractivity contribution in [2.24, 2.45) is 5.92 Å². The van der Waals surface area contributed by atoms with Crippen LogP contribution in [0.25, 0.3) is 0 Å². The van der Waals surface area contributed by atoms with Crippen molar-refractivity contribution in [1.82, 2.24) is 10.3 Å². The highest BCUT2D eigenvalue weighted by Gasteiger charge is 2.25. The van der Waals surface area contributed by atoms with Gasteiger partial charge in [-0.2, -0.15) is 0 Å². The lowest BCUT2D eigenvalue weighted by molar-refractivity contribution is 0.257. The molecule has 1 atom stereocenters. The van der Waals surface area contributed by atoms with Crippen LogP contribution in [0.1, 0.15) is 44.3 Å². The van der Waals surface area contributed by atoms with Gasteiger partial charge < -0.3 is 10.1 Å². The maximum Gasteiger partial charge on any atom is 0.141 e. The molecule has 1 aliphatic carbocycles. The van der Waals surface area contributed by atoms with Gasteiger partial charge in [0.15, 0.2) is 0 Å². The number of aromatic nitrogens is 1. The Balaban J connectivity index is 2.12. The van der Waals surface area contributed by atoms with E-state index in [2.05, 4.69) is 17.2 Å². The van der Waals surface area contributed by atoms with Crippen molar-refractivity contribution >= 4 is 0 Å². The van der Waals surface area contributed by atoms with Crippen LogP contribution in [0.5, 0.6) is 5.75 Å². The minimum atomic E-state index is 0.335. The molecule has 1 aliphatic rings. The summed E-state index contributed by atoms with van der Waals surface area (Å²) in [5, 5.41) is 3.53. The monoisotopic (exact) mass is 234 g/mol. The van der Waals surface area contributed by atoms with Gasteiger partial charge >= 0.3 is 0 Å². The van der Waals surface area contributed by atoms with Gasteiger partial charge in [-0.3, -0.25) is 4.98 Å². The summed E-state index contributed by atoms with van der Waals surface area (Å²) in [6, 6.07) is 4.25. The second-order valence-electron chi connectivity index (χ2n) is 4.73. The number of ether oxygens (including phenoxy) is 1. The summed E-state index contributed by atoms with van der Waals surface area (Å²) in [6.45, 7) is 3.11. The van der Waals surface area contributed by atoms with Crippen LogP contribution in [0.15, 0.2) is 18.3 Å². The van der Waals surface area contributed by atoms with Crippen LogP contribution in [-0.4, -0.2) is 18.6 Å². The molecular weight excluding hydrogens is 212 g/mol. The Labute approximate surface area is 104 Å². The molecule has 94 valence electrons. The van der Waals surface area contributed by atoms with Gasteiger partial charge in [0.2, 0.25) is 0 Å². The molecule has 1 N–H and O–H groups in total. The third kappa shape index (κ3) is 2.97. The van der Waals surface area contributed by atoms with E-state index in [1.807, 2.05) is 18.3 Å². The van der Waals surface area contributed by atoms with E-state index in [1.54, 1.807) is 7.11 Å². The van der Waals surface area contributed by atoms with Gasteiger partial charge in [-0.05, 0) is 31.0 Å². The van der Waals surface area contributed by atoms with Crippen LogP contribution in [-0.2, 0) is 0 Å². The number of methoxy groups -OCH3 is 1. The second kappa shape index (κ2) is 6.01. The molecule has 0 aromatic carbocycles. The van der Waals surface area contributed by atoms with Crippen molar-refractivity contribution < 1.29 is 4.74 Å². The topological polar surface area (TPSA) is 34.2 Å². The Morgan fingerprint density at radius 2 is 2.35 bits per heavy atom. The molecule has 0 saturated heterocycles. The number of rotatable bonds is 6. The molecule has 0 aliphatic heterocycles. The van der Waals surface area contributed by atoms with E-state index < -0.39 is 0 Å². The maximum absolute atomic E-state index is 5.40. The Morgan fingerprint density at radius 1 is 1.53 bits per heavy atom. The van der Waals surface area contributed by atoms with Crippen LogP contribution in [0.3, 0.4) is 0 Å².